The van der Waals surface area contributed by atoms with Gasteiger partial charge in [-0.3, -0.25) is 9.59 Å². The van der Waals surface area contributed by atoms with E-state index in [-0.39, 0.29) is 27.6 Å². The molecular weight excluding hydrogens is 416 g/mol. The summed E-state index contributed by atoms with van der Waals surface area (Å²) < 4.78 is 33.7. The normalized spacial score (nSPS) is 10.7. The lowest BCUT2D eigenvalue weighted by Crippen LogP contribution is -2.17. The van der Waals surface area contributed by atoms with Crippen molar-refractivity contribution in [2.24, 2.45) is 0 Å². The molecule has 0 saturated heterocycles. The molecule has 0 aliphatic heterocycles. The zero-order valence-electron chi connectivity index (χ0n) is 15.9. The Labute approximate surface area is 174 Å². The highest BCUT2D eigenvalue weighted by Crippen LogP contribution is 2.23. The van der Waals surface area contributed by atoms with Gasteiger partial charge in [-0.2, -0.15) is 0 Å². The number of pyridine rings is 1. The van der Waals surface area contributed by atoms with Crippen LogP contribution in [0, 0.1) is 11.6 Å². The summed E-state index contributed by atoms with van der Waals surface area (Å²) in [5.74, 6) is -3.04. The van der Waals surface area contributed by atoms with E-state index in [9.17, 15) is 18.4 Å². The summed E-state index contributed by atoms with van der Waals surface area (Å²) in [5, 5.41) is 4.85. The highest BCUT2D eigenvalue weighted by atomic mass is 32.1. The van der Waals surface area contributed by atoms with Crippen LogP contribution >= 0.6 is 11.3 Å². The molecule has 2 amide bonds. The van der Waals surface area contributed by atoms with Crippen molar-refractivity contribution in [3.05, 3.63) is 58.7 Å². The predicted octanol–water partition coefficient (Wildman–Crippen LogP) is 3.69. The summed E-state index contributed by atoms with van der Waals surface area (Å²) in [6.45, 7) is 3.71. The number of nitrogens with two attached hydrogens (primary N) is 1. The lowest BCUT2D eigenvalue weighted by Gasteiger charge is -2.11. The fraction of sp³-hybridized carbons (Fsp3) is 0.158. The van der Waals surface area contributed by atoms with Crippen LogP contribution in [-0.4, -0.2) is 27.9 Å². The third kappa shape index (κ3) is 5.06. The quantitative estimate of drug-likeness (QED) is 0.545. The van der Waals surface area contributed by atoms with Crippen molar-refractivity contribution in [1.82, 2.24) is 9.97 Å². The second kappa shape index (κ2) is 8.82. The van der Waals surface area contributed by atoms with Crippen LogP contribution in [0.4, 0.5) is 25.4 Å². The Morgan fingerprint density at radius 2 is 1.83 bits per heavy atom. The zero-order chi connectivity index (χ0) is 21.8. The number of ether oxygens (including phenoxy) is 1. The minimum atomic E-state index is -1.09. The summed E-state index contributed by atoms with van der Waals surface area (Å²) in [7, 11) is 0. The van der Waals surface area contributed by atoms with Gasteiger partial charge in [0.05, 0.1) is 29.7 Å². The van der Waals surface area contributed by atoms with Crippen LogP contribution in [0.3, 0.4) is 0 Å². The van der Waals surface area contributed by atoms with Gasteiger partial charge in [0.25, 0.3) is 11.8 Å². The van der Waals surface area contributed by atoms with E-state index in [1.54, 1.807) is 6.07 Å². The average Bonchev–Trinajstić information content (AvgIpc) is 3.11. The first-order chi connectivity index (χ1) is 14.2. The average molecular weight is 433 g/mol. The Hall–Kier alpha value is -3.60. The van der Waals surface area contributed by atoms with Crippen LogP contribution in [0.5, 0.6) is 5.75 Å². The van der Waals surface area contributed by atoms with Gasteiger partial charge in [0.1, 0.15) is 28.1 Å². The molecule has 0 aliphatic rings. The van der Waals surface area contributed by atoms with Crippen molar-refractivity contribution in [3.8, 4) is 5.75 Å². The molecule has 8 nitrogen and oxygen atoms in total. The fourth-order valence-corrected chi connectivity index (χ4v) is 2.95. The van der Waals surface area contributed by atoms with Crippen molar-refractivity contribution in [2.45, 2.75) is 20.0 Å². The number of amides is 2. The lowest BCUT2D eigenvalue weighted by atomic mass is 10.1. The molecule has 11 heteroatoms. The molecule has 0 atom stereocenters. The lowest BCUT2D eigenvalue weighted by molar-refractivity contribution is 0.101. The molecule has 3 aromatic rings. The highest BCUT2D eigenvalue weighted by molar-refractivity contribution is 7.17. The number of benzene rings is 1. The topological polar surface area (TPSA) is 119 Å². The van der Waals surface area contributed by atoms with Gasteiger partial charge in [-0.05, 0) is 32.0 Å². The van der Waals surface area contributed by atoms with E-state index in [0.717, 1.165) is 17.4 Å². The number of nitrogens with zero attached hydrogens (tertiary/aromatic N) is 2. The molecule has 3 rings (SSSR count). The molecule has 0 unspecified atom stereocenters. The molecule has 156 valence electrons. The van der Waals surface area contributed by atoms with Crippen molar-refractivity contribution >= 4 is 39.8 Å². The van der Waals surface area contributed by atoms with Gasteiger partial charge in [-0.15, -0.1) is 0 Å². The van der Waals surface area contributed by atoms with Gasteiger partial charge in [-0.1, -0.05) is 11.3 Å². The van der Waals surface area contributed by atoms with Crippen LogP contribution in [0.25, 0.3) is 0 Å². The third-order valence-corrected chi connectivity index (χ3v) is 4.47. The number of nitrogens with one attached hydrogen (secondary N) is 2. The number of nitrogen functional groups attached to an aromatic ring is 1. The smallest absolute Gasteiger partial charge is 0.267 e. The number of anilines is 3. The van der Waals surface area contributed by atoms with Gasteiger partial charge >= 0.3 is 0 Å². The van der Waals surface area contributed by atoms with E-state index in [4.69, 9.17) is 10.5 Å². The maximum absolute atomic E-state index is 14.2. The number of hydrogen-bond donors (Lipinski definition) is 3. The van der Waals surface area contributed by atoms with Gasteiger partial charge in [-0.25, -0.2) is 18.7 Å². The molecule has 0 fully saturated rings. The molecule has 0 saturated carbocycles. The van der Waals surface area contributed by atoms with E-state index in [1.807, 2.05) is 13.8 Å². The van der Waals surface area contributed by atoms with Crippen LogP contribution < -0.4 is 21.1 Å². The Balaban J connectivity index is 1.77. The van der Waals surface area contributed by atoms with Crippen LogP contribution in [0.1, 0.15) is 33.9 Å². The molecule has 4 N–H and O–H groups in total. The monoisotopic (exact) mass is 433 g/mol. The summed E-state index contributed by atoms with van der Waals surface area (Å²) >= 11 is 0.901. The van der Waals surface area contributed by atoms with E-state index in [0.29, 0.717) is 11.8 Å². The van der Waals surface area contributed by atoms with Crippen molar-refractivity contribution in [2.75, 3.05) is 16.4 Å². The van der Waals surface area contributed by atoms with Gasteiger partial charge < -0.3 is 21.1 Å². The largest absolute Gasteiger partial charge is 0.489 e. The highest BCUT2D eigenvalue weighted by Gasteiger charge is 2.19. The van der Waals surface area contributed by atoms with Crippen molar-refractivity contribution < 1.29 is 23.1 Å². The molecule has 0 aliphatic carbocycles. The number of carbonyl (C=O) groups excluding carboxylic acids is 2. The number of thiazole rings is 1. The van der Waals surface area contributed by atoms with E-state index < -0.39 is 29.0 Å². The molecule has 30 heavy (non-hydrogen) atoms. The Kier molecular flexibility index (Phi) is 6.21. The number of aromatic nitrogens is 2. The second-order valence-corrected chi connectivity index (χ2v) is 7.39. The van der Waals surface area contributed by atoms with Gasteiger partial charge in [0, 0.05) is 6.07 Å². The van der Waals surface area contributed by atoms with Crippen molar-refractivity contribution in [3.63, 3.8) is 0 Å². The molecule has 2 heterocycles. The first-order valence-electron chi connectivity index (χ1n) is 8.68. The molecule has 2 aromatic heterocycles. The van der Waals surface area contributed by atoms with E-state index >= 15 is 0 Å². The molecular formula is C19H17F2N5O3S. The van der Waals surface area contributed by atoms with E-state index in [2.05, 4.69) is 20.6 Å². The first-order valence-corrected chi connectivity index (χ1v) is 9.50. The predicted molar refractivity (Wildman–Crippen MR) is 109 cm³/mol. The number of halogens is 2. The molecule has 1 aromatic carbocycles. The summed E-state index contributed by atoms with van der Waals surface area (Å²) in [5.41, 5.74) is 4.63. The summed E-state index contributed by atoms with van der Waals surface area (Å²) in [6, 6.07) is 4.49. The van der Waals surface area contributed by atoms with Crippen LogP contribution in [-0.2, 0) is 0 Å². The number of hydrogen-bond acceptors (Lipinski definition) is 7. The second-order valence-electron chi connectivity index (χ2n) is 6.33. The first kappa shape index (κ1) is 21.1. The summed E-state index contributed by atoms with van der Waals surface area (Å²) in [4.78, 5) is 32.5. The van der Waals surface area contributed by atoms with Gasteiger partial charge in [0.15, 0.2) is 5.13 Å². The molecule has 0 spiro atoms. The van der Waals surface area contributed by atoms with Crippen LogP contribution in [0.15, 0.2) is 36.7 Å². The molecule has 0 bridgehead atoms. The Morgan fingerprint density at radius 1 is 1.07 bits per heavy atom. The molecule has 0 radical (unpaired) electrons. The maximum atomic E-state index is 14.2. The Bertz CT molecular complexity index is 1090. The van der Waals surface area contributed by atoms with E-state index in [1.165, 1.54) is 18.5 Å². The Morgan fingerprint density at radius 3 is 2.43 bits per heavy atom. The maximum Gasteiger partial charge on any atom is 0.267 e. The minimum absolute atomic E-state index is 0.0458. The number of rotatable bonds is 6. The van der Waals surface area contributed by atoms with Crippen LogP contribution in [0.2, 0.25) is 0 Å². The van der Waals surface area contributed by atoms with Gasteiger partial charge in [0.2, 0.25) is 0 Å². The zero-order valence-corrected chi connectivity index (χ0v) is 16.7. The minimum Gasteiger partial charge on any atom is -0.489 e. The SMILES string of the molecule is CC(C)Oc1ccc(NC(=O)c2cc(NC(=O)c3cnc(N)s3)c(F)cc2F)nc1. The standard InChI is InChI=1S/C19H17F2N5O3S/c1-9(2)29-10-3-4-16(23-7-10)26-17(27)11-5-14(13(21)6-12(11)20)25-18(28)15-8-24-19(22)30-15/h3-9H,1-2H3,(H2,22,24)(H,25,28)(H,23,26,27). The summed E-state index contributed by atoms with van der Waals surface area (Å²) in [6.07, 6.45) is 2.58. The van der Waals surface area contributed by atoms with Crippen molar-refractivity contribution in [1.29, 1.82) is 0 Å². The fourth-order valence-electron chi connectivity index (χ4n) is 2.38. The number of carbonyl (C=O) groups is 2. The third-order valence-electron chi connectivity index (χ3n) is 3.65.